The van der Waals surface area contributed by atoms with E-state index in [9.17, 15) is 49.1 Å². The summed E-state index contributed by atoms with van der Waals surface area (Å²) in [7, 11) is -1.01. The average molecular weight is 1520 g/mol. The van der Waals surface area contributed by atoms with Gasteiger partial charge in [-0.15, -0.1) is 0 Å². The van der Waals surface area contributed by atoms with Crippen LogP contribution in [0.5, 0.6) is 0 Å². The van der Waals surface area contributed by atoms with Crippen molar-refractivity contribution in [3.63, 3.8) is 0 Å². The summed E-state index contributed by atoms with van der Waals surface area (Å²) in [6, 6.07) is 23.8. The summed E-state index contributed by atoms with van der Waals surface area (Å²) < 4.78 is 124. The fourth-order valence-electron chi connectivity index (χ4n) is 10.1. The number of hydrogen-bond donors (Lipinski definition) is 6. The minimum atomic E-state index is -5.55. The molecule has 11 rings (SSSR count). The second-order valence-electron chi connectivity index (χ2n) is 21.6. The number of rotatable bonds is 21. The number of nitrogens with one attached hydrogen (secondary N) is 4. The molecular weight excluding hydrogens is 1440 g/mol. The highest BCUT2D eigenvalue weighted by molar-refractivity contribution is 7.90. The molecule has 0 fully saturated rings. The Bertz CT molecular complexity index is 4560. The van der Waals surface area contributed by atoms with Crippen LogP contribution in [0.15, 0.2) is 120 Å². The molecule has 0 atom stereocenters. The van der Waals surface area contributed by atoms with Gasteiger partial charge in [0.25, 0.3) is 24.2 Å². The van der Waals surface area contributed by atoms with E-state index in [2.05, 4.69) is 60.6 Å². The molecule has 0 aliphatic carbocycles. The van der Waals surface area contributed by atoms with Gasteiger partial charge in [0.15, 0.2) is 0 Å². The Labute approximate surface area is 606 Å². The number of alkyl halides is 3. The number of anilines is 3. The van der Waals surface area contributed by atoms with E-state index in [0.717, 1.165) is 6.07 Å². The van der Waals surface area contributed by atoms with E-state index in [1.165, 1.54) is 55.6 Å². The third kappa shape index (κ3) is 20.7. The van der Waals surface area contributed by atoms with Crippen LogP contribution in [0.2, 0.25) is 15.1 Å². The Morgan fingerprint density at radius 3 is 1.37 bits per heavy atom. The van der Waals surface area contributed by atoms with Gasteiger partial charge >= 0.3 is 15.5 Å². The highest BCUT2D eigenvalue weighted by atomic mass is 35.5. The number of hydrazine groups is 2. The van der Waals surface area contributed by atoms with E-state index in [1.807, 2.05) is 45.7 Å². The Morgan fingerprint density at radius 2 is 1.03 bits per heavy atom. The van der Waals surface area contributed by atoms with Gasteiger partial charge < -0.3 is 40.9 Å². The molecule has 3 aromatic carbocycles. The highest BCUT2D eigenvalue weighted by Gasteiger charge is 2.50. The number of halogens is 9. The van der Waals surface area contributed by atoms with Crippen LogP contribution >= 0.6 is 34.8 Å². The van der Waals surface area contributed by atoms with Crippen LogP contribution in [0.1, 0.15) is 107 Å². The van der Waals surface area contributed by atoms with Crippen LogP contribution < -0.4 is 48.0 Å². The van der Waals surface area contributed by atoms with Gasteiger partial charge in [0, 0.05) is 89.3 Å². The van der Waals surface area contributed by atoms with Gasteiger partial charge in [0.05, 0.1) is 75.4 Å². The summed E-state index contributed by atoms with van der Waals surface area (Å²) in [6.07, 6.45) is 8.64. The lowest BCUT2D eigenvalue weighted by molar-refractivity contribution is -0.252. The highest BCUT2D eigenvalue weighted by Crippen LogP contribution is 2.29. The predicted molar refractivity (Wildman–Crippen MR) is 386 cm³/mol. The van der Waals surface area contributed by atoms with Crippen LogP contribution in [0.25, 0.3) is 16.9 Å². The van der Waals surface area contributed by atoms with E-state index in [-0.39, 0.29) is 72.5 Å². The molecule has 0 saturated carbocycles. The first-order valence-electron chi connectivity index (χ1n) is 31.7. The van der Waals surface area contributed by atoms with Gasteiger partial charge in [0.2, 0.25) is 0 Å². The van der Waals surface area contributed by atoms with Crippen LogP contribution in [0, 0.1) is 17.5 Å². The van der Waals surface area contributed by atoms with Gasteiger partial charge in [0.1, 0.15) is 64.2 Å². The molecule has 9 aromatic rings. The predicted octanol–water partition coefficient (Wildman–Crippen LogP) is 10.6. The number of aliphatic imine (C=N–C) groups is 1. The van der Waals surface area contributed by atoms with Crippen molar-refractivity contribution in [1.82, 2.24) is 53.8 Å². The lowest BCUT2D eigenvalue weighted by atomic mass is 10.1. The Hall–Kier alpha value is -9.32. The zero-order chi connectivity index (χ0) is 74.6. The molecule has 103 heavy (non-hydrogen) atoms. The van der Waals surface area contributed by atoms with E-state index >= 15 is 0 Å². The smallest absolute Gasteiger partial charge is 0.347 e. The number of pyridine rings is 3. The van der Waals surface area contributed by atoms with Crippen LogP contribution in [0.3, 0.4) is 0 Å². The number of methoxy groups -OCH3 is 3. The summed E-state index contributed by atoms with van der Waals surface area (Å²) >= 11 is 18.2. The van der Waals surface area contributed by atoms with Gasteiger partial charge in [-0.2, -0.15) is 26.7 Å². The normalized spacial score (nSPS) is 12.6. The molecule has 2 aliphatic heterocycles. The summed E-state index contributed by atoms with van der Waals surface area (Å²) in [5.41, 5.74) is 10.1. The standard InChI is InChI=1S/C21H19ClF4N6O3S.C20H20ClFN6O.C19H22ClFN6O.C4H10O3.C2H6.CH4/c1-2-17-19(31-11-14(22)4-6-18(31)29-17)20(33)27-10-13-3-5-15(9-16(13)23)32-8-7-30(12-28-32)36(34,35)21(24,25)26;1-2-17-19(27-11-14(21)4-6-18(27)26-17)20(29)24-10-13-3-5-15(9-16(13)22)28-8-7-23-12-25-28;1-2-16-18(26-11-13(20)4-6-17(26)25-16)19(28)24-10-12-3-5-14(9-15(12)21)27(23)8-7-22;1-5-4(6-2)7-3;1-2;/h3-6,9,11-12H,2,7-8,10H2,1H3,(H,27,33);3-6,9,11-12H,2,7-8,10H2,1H3,(H,23,25)(H,24,29);3-6,9,11H,2,7-8,10,22-23H2,1H3,(H,24,28);4H,1-3H3;1-2H3;1H4. The van der Waals surface area contributed by atoms with E-state index in [4.69, 9.17) is 46.4 Å². The Balaban J connectivity index is 0.000000229. The molecule has 0 spiro atoms. The number of hydrogen-bond acceptors (Lipinski definition) is 19. The molecule has 8 heterocycles. The zero-order valence-electron chi connectivity index (χ0n) is 56.7. The minimum Gasteiger partial charge on any atom is -0.347 e. The number of fused-ring (bicyclic) bond motifs is 3. The van der Waals surface area contributed by atoms with Crippen molar-refractivity contribution in [3.05, 3.63) is 193 Å². The van der Waals surface area contributed by atoms with Gasteiger partial charge in [-0.1, -0.05) is 95.0 Å². The summed E-state index contributed by atoms with van der Waals surface area (Å²) in [5, 5.41) is 17.7. The monoisotopic (exact) mass is 1520 g/mol. The zero-order valence-corrected chi connectivity index (χ0v) is 59.8. The first-order valence-corrected chi connectivity index (χ1v) is 34.3. The molecule has 36 heteroatoms. The molecule has 556 valence electrons. The number of carbonyl (C=O) groups is 3. The maximum atomic E-state index is 14.8. The number of benzene rings is 3. The molecule has 0 saturated heterocycles. The van der Waals surface area contributed by atoms with Crippen molar-refractivity contribution < 1.29 is 63.4 Å². The number of aromatic nitrogens is 6. The summed E-state index contributed by atoms with van der Waals surface area (Å²) in [6.45, 7) is 10.5. The first-order chi connectivity index (χ1) is 48.8. The average Bonchev–Trinajstić information content (AvgIpc) is 1.78. The Kier molecular flexibility index (Phi) is 30.7. The number of imidazole rings is 3. The largest absolute Gasteiger partial charge is 0.516 e. The second-order valence-corrected chi connectivity index (χ2v) is 24.8. The molecule has 2 aliphatic rings. The third-order valence-electron chi connectivity index (χ3n) is 15.1. The van der Waals surface area contributed by atoms with Crippen LogP contribution in [-0.4, -0.2) is 144 Å². The second kappa shape index (κ2) is 38.3. The SMILES string of the molecule is C.CC.CCc1nc2ccc(Cl)cn2c1C(=O)NCc1ccc(N(N)CCN)cc1F.CCc1nc2ccc(Cl)cn2c1C(=O)NCc1ccc(N2CCN(S(=O)(=O)C(F)(F)F)C=N2)cc1F.CCc1nc2ccc(Cl)cn2c1C(=O)NCc1ccc(N2CCN=CN2)cc1F.COC(OC)OC. The lowest BCUT2D eigenvalue weighted by Gasteiger charge is -2.29. The number of ether oxygens (including phenoxy) is 3. The van der Waals surface area contributed by atoms with Crippen LogP contribution in [0.4, 0.5) is 43.4 Å². The van der Waals surface area contributed by atoms with E-state index in [0.29, 0.717) is 135 Å². The maximum absolute atomic E-state index is 14.8. The van der Waals surface area contributed by atoms with Crippen molar-refractivity contribution in [1.29, 1.82) is 0 Å². The van der Waals surface area contributed by atoms with Crippen molar-refractivity contribution in [3.8, 4) is 0 Å². The van der Waals surface area contributed by atoms with Crippen molar-refractivity contribution in [2.24, 2.45) is 21.7 Å². The number of hydrazone groups is 1. The number of carbonyl (C=O) groups excluding carboxylic acids is 3. The van der Waals surface area contributed by atoms with E-state index < -0.39 is 46.1 Å². The molecule has 8 N–H and O–H groups in total. The lowest BCUT2D eigenvalue weighted by Crippen LogP contribution is -2.46. The molecule has 0 radical (unpaired) electrons. The van der Waals surface area contributed by atoms with Gasteiger partial charge in [-0.05, 0) is 92.1 Å². The molecular formula is C67H81Cl3F6N18O8S. The quantitative estimate of drug-likeness (QED) is 0.0169. The molecule has 0 bridgehead atoms. The van der Waals surface area contributed by atoms with Crippen LogP contribution in [-0.2, 0) is 63.1 Å². The molecule has 3 amide bonds. The number of amides is 3. The van der Waals surface area contributed by atoms with E-state index in [1.54, 1.807) is 92.7 Å². The molecule has 26 nitrogen and oxygen atoms in total. The number of sulfonamides is 1. The third-order valence-corrected chi connectivity index (χ3v) is 17.3. The fraction of sp³-hybridized carbons (Fsp3) is 0.343. The van der Waals surface area contributed by atoms with Gasteiger partial charge in [-0.3, -0.25) is 48.0 Å². The van der Waals surface area contributed by atoms with Crippen molar-refractivity contribution in [2.45, 2.75) is 92.9 Å². The van der Waals surface area contributed by atoms with Crippen molar-refractivity contribution >= 4 is 109 Å². The Morgan fingerprint density at radius 1 is 0.621 bits per heavy atom. The number of nitrogens with two attached hydrogens (primary N) is 2. The number of aryl methyl sites for hydroxylation is 3. The summed E-state index contributed by atoms with van der Waals surface area (Å²) in [4.78, 5) is 55.9. The maximum Gasteiger partial charge on any atom is 0.516 e. The topological polar surface area (TPSA) is 303 Å². The number of nitrogens with zero attached hydrogens (tertiary/aromatic N) is 12. The molecule has 6 aromatic heterocycles. The fourth-order valence-corrected chi connectivity index (χ4v) is 11.3. The van der Waals surface area contributed by atoms with Crippen molar-refractivity contribution in [2.75, 3.05) is 75.6 Å². The summed E-state index contributed by atoms with van der Waals surface area (Å²) in [5.74, 6) is 3.12. The molecule has 0 unspecified atom stereocenters. The minimum absolute atomic E-state index is 0. The van der Waals surface area contributed by atoms with Gasteiger partial charge in [-0.25, -0.2) is 38.3 Å². The first kappa shape index (κ1) is 82.6.